The lowest BCUT2D eigenvalue weighted by Gasteiger charge is -2.04. The fraction of sp³-hybridized carbons (Fsp3) is 0.429. The fourth-order valence-corrected chi connectivity index (χ4v) is 1.74. The standard InChI is InChI=1S/C14H19NO3/c1-11(2)7-14(15(16)17)9-12-5-4-6-13(8-12)10-18-3/h4-6,8-9,11H,7,10H2,1-3H3. The SMILES string of the molecule is COCc1cccc(C=C(CC(C)C)[N+](=O)[O-])c1. The average Bonchev–Trinajstić information content (AvgIpc) is 2.28. The van der Waals surface area contributed by atoms with Gasteiger partial charge in [0.2, 0.25) is 5.70 Å². The summed E-state index contributed by atoms with van der Waals surface area (Å²) in [5.41, 5.74) is 2.11. The van der Waals surface area contributed by atoms with Crippen LogP contribution in [0.1, 0.15) is 31.4 Å². The number of rotatable bonds is 6. The van der Waals surface area contributed by atoms with Gasteiger partial charge in [0.05, 0.1) is 11.5 Å². The van der Waals surface area contributed by atoms with Gasteiger partial charge in [0.15, 0.2) is 0 Å². The molecule has 0 N–H and O–H groups in total. The van der Waals surface area contributed by atoms with Gasteiger partial charge >= 0.3 is 0 Å². The van der Waals surface area contributed by atoms with E-state index >= 15 is 0 Å². The highest BCUT2D eigenvalue weighted by molar-refractivity contribution is 5.52. The maximum atomic E-state index is 11.0. The van der Waals surface area contributed by atoms with Crippen LogP contribution in [0, 0.1) is 16.0 Å². The monoisotopic (exact) mass is 249 g/mol. The summed E-state index contributed by atoms with van der Waals surface area (Å²) in [6.45, 7) is 4.46. The van der Waals surface area contributed by atoms with Crippen molar-refractivity contribution in [1.29, 1.82) is 0 Å². The largest absolute Gasteiger partial charge is 0.380 e. The molecule has 0 spiro atoms. The van der Waals surface area contributed by atoms with Crippen LogP contribution in [0.4, 0.5) is 0 Å². The van der Waals surface area contributed by atoms with Crippen molar-refractivity contribution in [3.05, 3.63) is 51.2 Å². The van der Waals surface area contributed by atoms with Gasteiger partial charge in [0.25, 0.3) is 0 Å². The third-order valence-corrected chi connectivity index (χ3v) is 2.45. The zero-order valence-corrected chi connectivity index (χ0v) is 11.1. The van der Waals surface area contributed by atoms with Gasteiger partial charge in [0.1, 0.15) is 0 Å². The van der Waals surface area contributed by atoms with Crippen molar-refractivity contribution >= 4 is 6.08 Å². The molecular formula is C14H19NO3. The normalized spacial score (nSPS) is 11.9. The Morgan fingerprint density at radius 3 is 2.78 bits per heavy atom. The molecule has 0 aliphatic rings. The maximum Gasteiger partial charge on any atom is 0.247 e. The first-order chi connectivity index (χ1) is 8.52. The molecule has 0 fully saturated rings. The lowest BCUT2D eigenvalue weighted by atomic mass is 10.0. The van der Waals surface area contributed by atoms with Crippen molar-refractivity contribution in [3.8, 4) is 0 Å². The number of methoxy groups -OCH3 is 1. The molecule has 0 radical (unpaired) electrons. The molecule has 0 saturated heterocycles. The van der Waals surface area contributed by atoms with Crippen LogP contribution in [0.2, 0.25) is 0 Å². The Morgan fingerprint density at radius 1 is 1.50 bits per heavy atom. The van der Waals surface area contributed by atoms with Gasteiger partial charge in [-0.1, -0.05) is 32.0 Å². The first kappa shape index (κ1) is 14.4. The second-order valence-electron chi connectivity index (χ2n) is 4.67. The molecule has 0 atom stereocenters. The summed E-state index contributed by atoms with van der Waals surface area (Å²) in [5.74, 6) is 0.267. The zero-order valence-electron chi connectivity index (χ0n) is 11.1. The molecule has 1 aromatic rings. The zero-order chi connectivity index (χ0) is 13.5. The van der Waals surface area contributed by atoms with E-state index in [0.717, 1.165) is 11.1 Å². The van der Waals surface area contributed by atoms with Crippen molar-refractivity contribution in [3.63, 3.8) is 0 Å². The second-order valence-corrected chi connectivity index (χ2v) is 4.67. The molecule has 98 valence electrons. The number of hydrogen-bond acceptors (Lipinski definition) is 3. The van der Waals surface area contributed by atoms with E-state index in [1.54, 1.807) is 13.2 Å². The highest BCUT2D eigenvalue weighted by atomic mass is 16.6. The molecule has 1 rings (SSSR count). The van der Waals surface area contributed by atoms with Crippen LogP contribution in [0.5, 0.6) is 0 Å². The molecule has 1 aromatic carbocycles. The molecule has 0 aromatic heterocycles. The summed E-state index contributed by atoms with van der Waals surface area (Å²) in [6.07, 6.45) is 2.11. The Morgan fingerprint density at radius 2 is 2.22 bits per heavy atom. The highest BCUT2D eigenvalue weighted by Crippen LogP contribution is 2.16. The Balaban J connectivity index is 2.96. The van der Waals surface area contributed by atoms with Crippen molar-refractivity contribution in [2.75, 3.05) is 7.11 Å². The number of hydrogen-bond donors (Lipinski definition) is 0. The van der Waals surface area contributed by atoms with Crippen LogP contribution in [0.3, 0.4) is 0 Å². The van der Waals surface area contributed by atoms with E-state index in [2.05, 4.69) is 0 Å². The minimum Gasteiger partial charge on any atom is -0.380 e. The lowest BCUT2D eigenvalue weighted by molar-refractivity contribution is -0.427. The van der Waals surface area contributed by atoms with E-state index < -0.39 is 0 Å². The molecule has 0 unspecified atom stereocenters. The third-order valence-electron chi connectivity index (χ3n) is 2.45. The number of allylic oxidation sites excluding steroid dienone is 1. The van der Waals surface area contributed by atoms with Gasteiger partial charge in [-0.15, -0.1) is 0 Å². The number of benzene rings is 1. The average molecular weight is 249 g/mol. The molecule has 0 saturated carbocycles. The molecular weight excluding hydrogens is 230 g/mol. The maximum absolute atomic E-state index is 11.0. The van der Waals surface area contributed by atoms with Gasteiger partial charge in [-0.3, -0.25) is 10.1 Å². The van der Waals surface area contributed by atoms with E-state index in [-0.39, 0.29) is 16.5 Å². The number of ether oxygens (including phenoxy) is 1. The number of nitrogens with zero attached hydrogens (tertiary/aromatic N) is 1. The topological polar surface area (TPSA) is 52.4 Å². The predicted octanol–water partition coefficient (Wildman–Crippen LogP) is 3.50. The van der Waals surface area contributed by atoms with Gasteiger partial charge < -0.3 is 4.74 Å². The Hall–Kier alpha value is -1.68. The second kappa shape index (κ2) is 6.91. The summed E-state index contributed by atoms with van der Waals surface area (Å²) >= 11 is 0. The minimum absolute atomic E-state index is 0.250. The molecule has 0 amide bonds. The quantitative estimate of drug-likeness (QED) is 0.572. The molecule has 0 bridgehead atoms. The number of nitro groups is 1. The smallest absolute Gasteiger partial charge is 0.247 e. The summed E-state index contributed by atoms with van der Waals surface area (Å²) in [7, 11) is 1.63. The fourth-order valence-electron chi connectivity index (χ4n) is 1.74. The van der Waals surface area contributed by atoms with Crippen LogP contribution in [-0.4, -0.2) is 12.0 Å². The van der Waals surface area contributed by atoms with Gasteiger partial charge in [-0.2, -0.15) is 0 Å². The van der Waals surface area contributed by atoms with Gasteiger partial charge in [-0.25, -0.2) is 0 Å². The van der Waals surface area contributed by atoms with Crippen LogP contribution < -0.4 is 0 Å². The van der Waals surface area contributed by atoms with Crippen molar-refractivity contribution in [2.45, 2.75) is 26.9 Å². The lowest BCUT2D eigenvalue weighted by Crippen LogP contribution is -2.02. The minimum atomic E-state index is -0.303. The molecule has 0 heterocycles. The summed E-state index contributed by atoms with van der Waals surface area (Å²) in [5, 5.41) is 11.0. The summed E-state index contributed by atoms with van der Waals surface area (Å²) in [4.78, 5) is 10.7. The molecule has 0 aliphatic carbocycles. The summed E-state index contributed by atoms with van der Waals surface area (Å²) in [6, 6.07) is 7.60. The third kappa shape index (κ3) is 4.67. The van der Waals surface area contributed by atoms with Crippen LogP contribution >= 0.6 is 0 Å². The molecule has 0 aliphatic heterocycles. The van der Waals surface area contributed by atoms with E-state index in [4.69, 9.17) is 4.74 Å². The summed E-state index contributed by atoms with van der Waals surface area (Å²) < 4.78 is 5.05. The molecule has 18 heavy (non-hydrogen) atoms. The van der Waals surface area contributed by atoms with E-state index in [9.17, 15) is 10.1 Å². The van der Waals surface area contributed by atoms with Crippen molar-refractivity contribution in [2.24, 2.45) is 5.92 Å². The Kier molecular flexibility index (Phi) is 5.52. The van der Waals surface area contributed by atoms with Gasteiger partial charge in [-0.05, 0) is 23.1 Å². The Labute approximate surface area is 107 Å². The van der Waals surface area contributed by atoms with Crippen LogP contribution in [0.25, 0.3) is 6.08 Å². The predicted molar refractivity (Wildman–Crippen MR) is 71.6 cm³/mol. The van der Waals surface area contributed by atoms with E-state index in [1.807, 2.05) is 38.1 Å². The highest BCUT2D eigenvalue weighted by Gasteiger charge is 2.12. The van der Waals surface area contributed by atoms with E-state index in [0.29, 0.717) is 13.0 Å². The van der Waals surface area contributed by atoms with Crippen LogP contribution in [0.15, 0.2) is 30.0 Å². The van der Waals surface area contributed by atoms with Crippen molar-refractivity contribution < 1.29 is 9.66 Å². The Bertz CT molecular complexity index is 438. The van der Waals surface area contributed by atoms with E-state index in [1.165, 1.54) is 0 Å². The van der Waals surface area contributed by atoms with Crippen LogP contribution in [-0.2, 0) is 11.3 Å². The van der Waals surface area contributed by atoms with Crippen molar-refractivity contribution in [1.82, 2.24) is 0 Å². The first-order valence-corrected chi connectivity index (χ1v) is 5.95. The van der Waals surface area contributed by atoms with Gasteiger partial charge in [0, 0.05) is 19.6 Å². The first-order valence-electron chi connectivity index (χ1n) is 5.95. The molecule has 4 heteroatoms. The molecule has 4 nitrogen and oxygen atoms in total.